The van der Waals surface area contributed by atoms with Gasteiger partial charge in [-0.1, -0.05) is 18.2 Å². The molecule has 1 aliphatic rings. The van der Waals surface area contributed by atoms with Crippen LogP contribution in [0.2, 0.25) is 0 Å². The third-order valence-corrected chi connectivity index (χ3v) is 6.91. The lowest BCUT2D eigenvalue weighted by atomic mass is 9.93. The van der Waals surface area contributed by atoms with Crippen molar-refractivity contribution >= 4 is 15.6 Å². The highest BCUT2D eigenvalue weighted by Gasteiger charge is 2.47. The second-order valence-electron chi connectivity index (χ2n) is 5.64. The molecule has 0 aliphatic carbocycles. The molecule has 0 spiro atoms. The zero-order valence-electron chi connectivity index (χ0n) is 14.7. The minimum Gasteiger partial charge on any atom is -0.386 e. The molecule has 20 heavy (non-hydrogen) atoms. The van der Waals surface area contributed by atoms with Crippen LogP contribution in [0, 0.1) is 5.82 Å². The molecule has 1 unspecified atom stereocenters. The van der Waals surface area contributed by atoms with E-state index in [9.17, 15) is 8.60 Å². The van der Waals surface area contributed by atoms with Gasteiger partial charge in [0, 0.05) is 16.7 Å². The summed E-state index contributed by atoms with van der Waals surface area (Å²) in [6.45, 7) is 1.94. The van der Waals surface area contributed by atoms with Gasteiger partial charge in [-0.25, -0.2) is 13.0 Å². The zero-order valence-corrected chi connectivity index (χ0v) is 12.5. The van der Waals surface area contributed by atoms with Gasteiger partial charge in [0.2, 0.25) is 0 Å². The van der Waals surface area contributed by atoms with Gasteiger partial charge in [0.15, 0.2) is 0 Å². The molecule has 4 nitrogen and oxygen atoms in total. The number of halogens is 1. The van der Waals surface area contributed by atoms with Gasteiger partial charge in [-0.15, -0.1) is 0 Å². The van der Waals surface area contributed by atoms with Crippen LogP contribution in [0.1, 0.15) is 30.4 Å². The van der Waals surface area contributed by atoms with E-state index in [-0.39, 0.29) is 17.2 Å². The Labute approximate surface area is 123 Å². The first-order chi connectivity index (χ1) is 10.3. The molecule has 0 radical (unpaired) electrons. The fraction of sp³-hybridized carbons (Fsp3) is 0.500. The molecule has 1 aromatic rings. The number of benzene rings is 1. The van der Waals surface area contributed by atoms with Crippen LogP contribution >= 0.6 is 0 Å². The Morgan fingerprint density at radius 3 is 2.70 bits per heavy atom. The third-order valence-electron chi connectivity index (χ3n) is 3.86. The van der Waals surface area contributed by atoms with Crippen LogP contribution in [0.15, 0.2) is 33.6 Å². The van der Waals surface area contributed by atoms with E-state index in [1.165, 1.54) is 18.2 Å². The summed E-state index contributed by atoms with van der Waals surface area (Å²) in [5, 5.41) is 0. The van der Waals surface area contributed by atoms with Crippen molar-refractivity contribution in [2.75, 3.05) is 12.7 Å². The van der Waals surface area contributed by atoms with Crippen LogP contribution in [0.4, 0.5) is 4.39 Å². The Morgan fingerprint density at radius 1 is 1.45 bits per heavy atom. The number of amidine groups is 1. The highest BCUT2D eigenvalue weighted by atomic mass is 32.2. The molecule has 2 atom stereocenters. The Kier molecular flexibility index (Phi) is 2.56. The van der Waals surface area contributed by atoms with E-state index in [0.29, 0.717) is 0 Å². The normalized spacial score (nSPS) is 35.4. The van der Waals surface area contributed by atoms with Gasteiger partial charge in [0.05, 0.1) is 15.5 Å². The number of hydrogen-bond acceptors (Lipinski definition) is 4. The maximum absolute atomic E-state index is 14.2. The fourth-order valence-electron chi connectivity index (χ4n) is 2.34. The molecule has 6 heteroatoms. The summed E-state index contributed by atoms with van der Waals surface area (Å²) in [6.07, 6.45) is 0. The Hall–Kier alpha value is -1.43. The van der Waals surface area contributed by atoms with Crippen LogP contribution < -0.4 is 5.73 Å². The Bertz CT molecular complexity index is 782. The minimum atomic E-state index is -3.31. The molecule has 0 saturated carbocycles. The standard InChI is InChI=1S/C14H20FN3OS/c1-13(2)12(16)18-14(3,9-20(13,19)17-4)10-7-5-6-8-11(10)15/h5-8H,9H2,1-4H3,(H2,16,18)/t14-,20?/m0/s1/i4D3. The number of nitrogens with zero attached hydrogens (tertiary/aromatic N) is 2. The van der Waals surface area contributed by atoms with Gasteiger partial charge >= 0.3 is 0 Å². The number of aliphatic imine (C=N–C) groups is 1. The van der Waals surface area contributed by atoms with Crippen molar-refractivity contribution in [3.63, 3.8) is 0 Å². The average molecular weight is 300 g/mol. The molecule has 1 aromatic carbocycles. The van der Waals surface area contributed by atoms with Crippen molar-refractivity contribution in [1.29, 1.82) is 0 Å². The molecule has 0 amide bonds. The number of nitrogens with two attached hydrogens (primary N) is 1. The maximum atomic E-state index is 14.2. The lowest BCUT2D eigenvalue weighted by molar-refractivity contribution is 0.491. The van der Waals surface area contributed by atoms with Crippen molar-refractivity contribution in [2.45, 2.75) is 31.1 Å². The molecular formula is C14H20FN3OS. The average Bonchev–Trinajstić information content (AvgIpc) is 2.34. The van der Waals surface area contributed by atoms with Gasteiger partial charge < -0.3 is 5.73 Å². The molecule has 1 heterocycles. The third kappa shape index (κ3) is 2.02. The van der Waals surface area contributed by atoms with Crippen molar-refractivity contribution in [3.05, 3.63) is 35.6 Å². The van der Waals surface area contributed by atoms with E-state index in [0.717, 1.165) is 0 Å². The van der Waals surface area contributed by atoms with Crippen LogP contribution in [-0.4, -0.2) is 27.5 Å². The Balaban J connectivity index is 2.74. The van der Waals surface area contributed by atoms with E-state index in [2.05, 4.69) is 9.36 Å². The molecule has 2 rings (SSSR count). The van der Waals surface area contributed by atoms with Crippen LogP contribution in [0.5, 0.6) is 0 Å². The maximum Gasteiger partial charge on any atom is 0.128 e. The van der Waals surface area contributed by atoms with Crippen LogP contribution in [0.25, 0.3) is 0 Å². The first-order valence-electron chi connectivity index (χ1n) is 7.67. The van der Waals surface area contributed by atoms with Crippen molar-refractivity contribution < 1.29 is 12.7 Å². The summed E-state index contributed by atoms with van der Waals surface area (Å²) in [5.74, 6) is -0.720. The van der Waals surface area contributed by atoms with Crippen LogP contribution in [0.3, 0.4) is 0 Å². The SMILES string of the molecule is [2H]C([2H])([2H])N=S1(=O)C[C@@](C)(c2ccccc2F)N=C(N)C1(C)C. The summed E-state index contributed by atoms with van der Waals surface area (Å²) in [4.78, 5) is 4.36. The predicted octanol–water partition coefficient (Wildman–Crippen LogP) is 2.29. The van der Waals surface area contributed by atoms with Crippen molar-refractivity contribution in [3.8, 4) is 0 Å². The fourth-order valence-corrected chi connectivity index (χ4v) is 4.35. The second kappa shape index (κ2) is 4.55. The summed E-state index contributed by atoms with van der Waals surface area (Å²) >= 11 is 0. The molecule has 1 aliphatic heterocycles. The number of rotatable bonds is 1. The van der Waals surface area contributed by atoms with Gasteiger partial charge in [-0.2, -0.15) is 0 Å². The molecule has 0 aromatic heterocycles. The molecular weight excluding hydrogens is 277 g/mol. The minimum absolute atomic E-state index is 0.00695. The topological polar surface area (TPSA) is 67.8 Å². The first-order valence-corrected chi connectivity index (χ1v) is 7.86. The van der Waals surface area contributed by atoms with E-state index in [4.69, 9.17) is 9.85 Å². The van der Waals surface area contributed by atoms with Gasteiger partial charge in [0.1, 0.15) is 21.9 Å². The molecule has 2 N–H and O–H groups in total. The van der Waals surface area contributed by atoms with Crippen molar-refractivity contribution in [1.82, 2.24) is 0 Å². The van der Waals surface area contributed by atoms with Crippen molar-refractivity contribution in [2.24, 2.45) is 15.1 Å². The first kappa shape index (κ1) is 11.3. The van der Waals surface area contributed by atoms with Crippen LogP contribution in [-0.2, 0) is 15.3 Å². The quantitative estimate of drug-likeness (QED) is 0.864. The van der Waals surface area contributed by atoms with E-state index >= 15 is 0 Å². The lowest BCUT2D eigenvalue weighted by Crippen LogP contribution is -2.54. The number of hydrogen-bond donors (Lipinski definition) is 1. The molecule has 0 saturated heterocycles. The Morgan fingerprint density at radius 2 is 2.10 bits per heavy atom. The van der Waals surface area contributed by atoms with E-state index in [1.807, 2.05) is 0 Å². The molecule has 0 bridgehead atoms. The smallest absolute Gasteiger partial charge is 0.128 e. The van der Waals surface area contributed by atoms with E-state index in [1.54, 1.807) is 26.8 Å². The summed E-state index contributed by atoms with van der Waals surface area (Å²) < 4.78 is 52.0. The predicted molar refractivity (Wildman–Crippen MR) is 80.8 cm³/mol. The summed E-state index contributed by atoms with van der Waals surface area (Å²) in [6, 6.07) is 5.97. The summed E-state index contributed by atoms with van der Waals surface area (Å²) in [7, 11) is -3.31. The lowest BCUT2D eigenvalue weighted by Gasteiger charge is -2.40. The van der Waals surface area contributed by atoms with Gasteiger partial charge in [0.25, 0.3) is 0 Å². The monoisotopic (exact) mass is 300 g/mol. The molecule has 0 fully saturated rings. The largest absolute Gasteiger partial charge is 0.386 e. The van der Waals surface area contributed by atoms with E-state index < -0.39 is 32.8 Å². The second-order valence-corrected chi connectivity index (χ2v) is 8.41. The zero-order chi connectivity index (χ0) is 17.7. The van der Waals surface area contributed by atoms with Gasteiger partial charge in [-0.3, -0.25) is 4.99 Å². The summed E-state index contributed by atoms with van der Waals surface area (Å²) in [5.41, 5.74) is 4.95. The van der Waals surface area contributed by atoms with Gasteiger partial charge in [-0.05, 0) is 26.8 Å². The highest BCUT2D eigenvalue weighted by Crippen LogP contribution is 2.38. The highest BCUT2D eigenvalue weighted by molar-refractivity contribution is 7.95. The molecule has 110 valence electrons.